The van der Waals surface area contributed by atoms with Crippen molar-refractivity contribution in [1.82, 2.24) is 5.32 Å². The van der Waals surface area contributed by atoms with Crippen LogP contribution >= 0.6 is 0 Å². The van der Waals surface area contributed by atoms with E-state index in [-0.39, 0.29) is 11.7 Å². The van der Waals surface area contributed by atoms with Gasteiger partial charge in [0.05, 0.1) is 0 Å². The molecule has 1 rings (SSSR count). The Bertz CT molecular complexity index is 317. The number of rotatable bonds is 4. The maximum absolute atomic E-state index is 11.4. The molecule has 0 saturated carbocycles. The minimum absolute atomic E-state index is 0.133. The lowest BCUT2D eigenvalue weighted by Crippen LogP contribution is -2.23. The van der Waals surface area contributed by atoms with E-state index in [2.05, 4.69) is 11.9 Å². The molecule has 0 aliphatic heterocycles. The number of amides is 1. The lowest BCUT2D eigenvalue weighted by Gasteiger charge is -2.02. The Morgan fingerprint density at radius 1 is 1.43 bits per heavy atom. The molecule has 1 amide bonds. The summed E-state index contributed by atoms with van der Waals surface area (Å²) < 4.78 is 0. The number of carbonyl (C=O) groups is 1. The Balaban J connectivity index is 2.52. The van der Waals surface area contributed by atoms with Gasteiger partial charge in [-0.2, -0.15) is 0 Å². The highest BCUT2D eigenvalue weighted by atomic mass is 16.3. The van der Waals surface area contributed by atoms with Crippen molar-refractivity contribution < 1.29 is 9.90 Å². The topological polar surface area (TPSA) is 49.3 Å². The number of benzene rings is 1. The van der Waals surface area contributed by atoms with Crippen LogP contribution in [0.15, 0.2) is 36.9 Å². The number of hydrogen-bond acceptors (Lipinski definition) is 2. The predicted octanol–water partition coefficient (Wildman–Crippen LogP) is 1.70. The maximum atomic E-state index is 11.4. The first-order chi connectivity index (χ1) is 6.74. The van der Waals surface area contributed by atoms with Gasteiger partial charge in [-0.1, -0.05) is 6.08 Å². The third-order valence-corrected chi connectivity index (χ3v) is 1.76. The van der Waals surface area contributed by atoms with E-state index in [0.717, 1.165) is 6.42 Å². The van der Waals surface area contributed by atoms with Crippen molar-refractivity contribution in [2.24, 2.45) is 0 Å². The van der Waals surface area contributed by atoms with Crippen LogP contribution < -0.4 is 5.32 Å². The van der Waals surface area contributed by atoms with E-state index in [0.29, 0.717) is 12.1 Å². The minimum atomic E-state index is -0.133. The Morgan fingerprint density at radius 3 is 2.64 bits per heavy atom. The van der Waals surface area contributed by atoms with Gasteiger partial charge in [-0.25, -0.2) is 0 Å². The van der Waals surface area contributed by atoms with E-state index in [1.54, 1.807) is 18.2 Å². The van der Waals surface area contributed by atoms with Gasteiger partial charge in [0, 0.05) is 12.1 Å². The molecule has 0 bridgehead atoms. The van der Waals surface area contributed by atoms with Gasteiger partial charge in [-0.05, 0) is 30.7 Å². The summed E-state index contributed by atoms with van der Waals surface area (Å²) in [5.41, 5.74) is 0.548. The van der Waals surface area contributed by atoms with E-state index in [1.165, 1.54) is 12.1 Å². The van der Waals surface area contributed by atoms with Gasteiger partial charge in [-0.3, -0.25) is 4.79 Å². The van der Waals surface area contributed by atoms with E-state index in [4.69, 9.17) is 5.11 Å². The van der Waals surface area contributed by atoms with E-state index in [9.17, 15) is 4.79 Å². The van der Waals surface area contributed by atoms with Gasteiger partial charge in [0.15, 0.2) is 0 Å². The number of aromatic hydroxyl groups is 1. The number of hydrogen-bond donors (Lipinski definition) is 2. The highest BCUT2D eigenvalue weighted by Gasteiger charge is 2.02. The van der Waals surface area contributed by atoms with Crippen LogP contribution in [0, 0.1) is 0 Å². The van der Waals surface area contributed by atoms with Crippen molar-refractivity contribution in [2.75, 3.05) is 6.54 Å². The zero-order valence-electron chi connectivity index (χ0n) is 7.86. The Kier molecular flexibility index (Phi) is 3.73. The number of carbonyl (C=O) groups excluding carboxylic acids is 1. The third kappa shape index (κ3) is 2.94. The molecule has 74 valence electrons. The average molecular weight is 191 g/mol. The third-order valence-electron chi connectivity index (χ3n) is 1.76. The monoisotopic (exact) mass is 191 g/mol. The standard InChI is InChI=1S/C11H13NO2/c1-2-3-8-12-11(14)9-4-6-10(13)7-5-9/h2,4-7,13H,1,3,8H2,(H,12,14). The molecule has 0 atom stereocenters. The molecule has 0 aliphatic carbocycles. The molecular formula is C11H13NO2. The lowest BCUT2D eigenvalue weighted by molar-refractivity contribution is 0.0954. The Labute approximate surface area is 83.1 Å². The van der Waals surface area contributed by atoms with E-state index < -0.39 is 0 Å². The summed E-state index contributed by atoms with van der Waals surface area (Å²) in [5.74, 6) is 0.0273. The zero-order chi connectivity index (χ0) is 10.4. The first-order valence-electron chi connectivity index (χ1n) is 4.42. The zero-order valence-corrected chi connectivity index (χ0v) is 7.86. The maximum Gasteiger partial charge on any atom is 0.251 e. The summed E-state index contributed by atoms with van der Waals surface area (Å²) in [4.78, 5) is 11.4. The fourth-order valence-corrected chi connectivity index (χ4v) is 1.00. The van der Waals surface area contributed by atoms with Crippen molar-refractivity contribution in [3.63, 3.8) is 0 Å². The van der Waals surface area contributed by atoms with Crippen LogP contribution in [0.25, 0.3) is 0 Å². The highest BCUT2D eigenvalue weighted by molar-refractivity contribution is 5.94. The second kappa shape index (κ2) is 5.07. The van der Waals surface area contributed by atoms with Gasteiger partial charge in [0.2, 0.25) is 0 Å². The van der Waals surface area contributed by atoms with Gasteiger partial charge in [0.1, 0.15) is 5.75 Å². The molecule has 2 N–H and O–H groups in total. The van der Waals surface area contributed by atoms with Crippen LogP contribution in [0.2, 0.25) is 0 Å². The molecule has 1 aromatic carbocycles. The van der Waals surface area contributed by atoms with Crippen LogP contribution in [0.5, 0.6) is 5.75 Å². The summed E-state index contributed by atoms with van der Waals surface area (Å²) in [6, 6.07) is 6.14. The summed E-state index contributed by atoms with van der Waals surface area (Å²) in [6.07, 6.45) is 2.50. The van der Waals surface area contributed by atoms with Gasteiger partial charge < -0.3 is 10.4 Å². The molecule has 0 aliphatic rings. The van der Waals surface area contributed by atoms with Crippen LogP contribution in [0.3, 0.4) is 0 Å². The molecule has 0 heterocycles. The number of phenolic OH excluding ortho intramolecular Hbond substituents is 1. The lowest BCUT2D eigenvalue weighted by atomic mass is 10.2. The van der Waals surface area contributed by atoms with Crippen molar-refractivity contribution in [1.29, 1.82) is 0 Å². The van der Waals surface area contributed by atoms with Crippen molar-refractivity contribution in [3.05, 3.63) is 42.5 Å². The average Bonchev–Trinajstić information content (AvgIpc) is 2.19. The fraction of sp³-hybridized carbons (Fsp3) is 0.182. The second-order valence-electron chi connectivity index (χ2n) is 2.88. The van der Waals surface area contributed by atoms with Crippen molar-refractivity contribution >= 4 is 5.91 Å². The first kappa shape index (κ1) is 10.3. The molecular weight excluding hydrogens is 178 g/mol. The van der Waals surface area contributed by atoms with E-state index >= 15 is 0 Å². The Morgan fingerprint density at radius 2 is 2.07 bits per heavy atom. The molecule has 0 fully saturated rings. The molecule has 0 aromatic heterocycles. The molecule has 0 spiro atoms. The molecule has 14 heavy (non-hydrogen) atoms. The SMILES string of the molecule is C=CCCNC(=O)c1ccc(O)cc1. The highest BCUT2D eigenvalue weighted by Crippen LogP contribution is 2.09. The van der Waals surface area contributed by atoms with E-state index in [1.807, 2.05) is 0 Å². The van der Waals surface area contributed by atoms with Gasteiger partial charge in [0.25, 0.3) is 5.91 Å². The summed E-state index contributed by atoms with van der Waals surface area (Å²) >= 11 is 0. The quantitative estimate of drug-likeness (QED) is 0.562. The minimum Gasteiger partial charge on any atom is -0.508 e. The normalized spacial score (nSPS) is 9.43. The van der Waals surface area contributed by atoms with Crippen LogP contribution in [0.4, 0.5) is 0 Å². The summed E-state index contributed by atoms with van der Waals surface area (Å²) in [5, 5.41) is 11.7. The van der Waals surface area contributed by atoms with Gasteiger partial charge in [-0.15, -0.1) is 6.58 Å². The molecule has 0 unspecified atom stereocenters. The molecule has 3 nitrogen and oxygen atoms in total. The molecule has 0 radical (unpaired) electrons. The molecule has 0 saturated heterocycles. The molecule has 3 heteroatoms. The van der Waals surface area contributed by atoms with Crippen LogP contribution in [-0.4, -0.2) is 17.6 Å². The van der Waals surface area contributed by atoms with Crippen molar-refractivity contribution in [2.45, 2.75) is 6.42 Å². The second-order valence-corrected chi connectivity index (χ2v) is 2.88. The summed E-state index contributed by atoms with van der Waals surface area (Å²) in [6.45, 7) is 4.14. The fourth-order valence-electron chi connectivity index (χ4n) is 1.00. The number of phenols is 1. The number of nitrogens with one attached hydrogen (secondary N) is 1. The summed E-state index contributed by atoms with van der Waals surface area (Å²) in [7, 11) is 0. The van der Waals surface area contributed by atoms with Crippen molar-refractivity contribution in [3.8, 4) is 5.75 Å². The van der Waals surface area contributed by atoms with Crippen LogP contribution in [-0.2, 0) is 0 Å². The predicted molar refractivity (Wildman–Crippen MR) is 55.3 cm³/mol. The Hall–Kier alpha value is -1.77. The van der Waals surface area contributed by atoms with Gasteiger partial charge >= 0.3 is 0 Å². The van der Waals surface area contributed by atoms with Crippen LogP contribution in [0.1, 0.15) is 16.8 Å². The molecule has 1 aromatic rings. The first-order valence-corrected chi connectivity index (χ1v) is 4.42. The smallest absolute Gasteiger partial charge is 0.251 e. The largest absolute Gasteiger partial charge is 0.508 e.